The van der Waals surface area contributed by atoms with Gasteiger partial charge in [0.15, 0.2) is 0 Å². The number of rotatable bonds is 4. The van der Waals surface area contributed by atoms with Crippen molar-refractivity contribution in [2.75, 3.05) is 17.3 Å². The lowest BCUT2D eigenvalue weighted by atomic mass is 9.90. The van der Waals surface area contributed by atoms with Gasteiger partial charge in [-0.15, -0.1) is 0 Å². The highest BCUT2D eigenvalue weighted by Crippen LogP contribution is 2.26. The molecular formula is C20H24N2O2. The Morgan fingerprint density at radius 1 is 1.00 bits per heavy atom. The fraction of sp³-hybridized carbons (Fsp3) is 0.300. The largest absolute Gasteiger partial charge is 0.325 e. The molecule has 0 aliphatic heterocycles. The minimum absolute atomic E-state index is 0.254. The van der Waals surface area contributed by atoms with Crippen LogP contribution in [0.1, 0.15) is 25.0 Å². The average molecular weight is 324 g/mol. The number of hydrogen-bond donors (Lipinski definition) is 1. The van der Waals surface area contributed by atoms with E-state index in [0.717, 1.165) is 22.5 Å². The second-order valence-corrected chi connectivity index (χ2v) is 6.60. The number of para-hydroxylation sites is 1. The van der Waals surface area contributed by atoms with E-state index in [2.05, 4.69) is 5.32 Å². The van der Waals surface area contributed by atoms with Crippen LogP contribution in [0.25, 0.3) is 0 Å². The van der Waals surface area contributed by atoms with E-state index < -0.39 is 5.41 Å². The Labute approximate surface area is 143 Å². The maximum absolute atomic E-state index is 12.8. The van der Waals surface area contributed by atoms with E-state index in [9.17, 15) is 9.59 Å². The molecule has 0 spiro atoms. The summed E-state index contributed by atoms with van der Waals surface area (Å²) < 4.78 is 0. The van der Waals surface area contributed by atoms with Crippen molar-refractivity contribution in [3.8, 4) is 0 Å². The summed E-state index contributed by atoms with van der Waals surface area (Å²) in [7, 11) is 1.68. The minimum Gasteiger partial charge on any atom is -0.325 e. The molecule has 24 heavy (non-hydrogen) atoms. The Morgan fingerprint density at radius 3 is 2.21 bits per heavy atom. The highest BCUT2D eigenvalue weighted by atomic mass is 16.2. The van der Waals surface area contributed by atoms with Crippen molar-refractivity contribution in [1.82, 2.24) is 0 Å². The highest BCUT2D eigenvalue weighted by molar-refractivity contribution is 6.14. The van der Waals surface area contributed by atoms with Crippen LogP contribution in [-0.2, 0) is 9.59 Å². The monoisotopic (exact) mass is 324 g/mol. The first kappa shape index (κ1) is 17.7. The van der Waals surface area contributed by atoms with Crippen molar-refractivity contribution in [2.45, 2.75) is 27.7 Å². The smallest absolute Gasteiger partial charge is 0.241 e. The number of nitrogens with one attached hydrogen (secondary N) is 1. The predicted octanol–water partition coefficient (Wildman–Crippen LogP) is 3.93. The molecule has 0 bridgehead atoms. The van der Waals surface area contributed by atoms with Gasteiger partial charge >= 0.3 is 0 Å². The molecule has 0 heterocycles. The second kappa shape index (κ2) is 6.87. The lowest BCUT2D eigenvalue weighted by Gasteiger charge is -2.28. The van der Waals surface area contributed by atoms with Gasteiger partial charge in [-0.2, -0.15) is 0 Å². The van der Waals surface area contributed by atoms with Crippen molar-refractivity contribution >= 4 is 23.2 Å². The molecule has 2 aromatic rings. The van der Waals surface area contributed by atoms with Gasteiger partial charge in [-0.3, -0.25) is 9.59 Å². The summed E-state index contributed by atoms with van der Waals surface area (Å²) in [5.74, 6) is -0.571. The van der Waals surface area contributed by atoms with Gasteiger partial charge in [-0.25, -0.2) is 0 Å². The Morgan fingerprint density at radius 2 is 1.62 bits per heavy atom. The fourth-order valence-electron chi connectivity index (χ4n) is 2.52. The standard InChI is InChI=1S/C20H24N2O2/c1-14-11-12-17(15(2)13-14)21-18(23)20(3,4)19(24)22(5)16-9-7-6-8-10-16/h6-13H,1-5H3,(H,21,23). The first-order valence-corrected chi connectivity index (χ1v) is 7.95. The molecule has 2 amide bonds. The fourth-order valence-corrected chi connectivity index (χ4v) is 2.52. The summed E-state index contributed by atoms with van der Waals surface area (Å²) in [6.07, 6.45) is 0. The van der Waals surface area contributed by atoms with E-state index in [1.54, 1.807) is 20.9 Å². The van der Waals surface area contributed by atoms with E-state index in [-0.39, 0.29) is 11.8 Å². The summed E-state index contributed by atoms with van der Waals surface area (Å²) in [6.45, 7) is 7.23. The van der Waals surface area contributed by atoms with E-state index in [0.29, 0.717) is 0 Å². The summed E-state index contributed by atoms with van der Waals surface area (Å²) in [4.78, 5) is 27.0. The van der Waals surface area contributed by atoms with Gasteiger partial charge in [0.25, 0.3) is 0 Å². The molecule has 0 fully saturated rings. The van der Waals surface area contributed by atoms with Crippen LogP contribution in [0.4, 0.5) is 11.4 Å². The van der Waals surface area contributed by atoms with Gasteiger partial charge in [-0.05, 0) is 51.5 Å². The molecule has 0 unspecified atom stereocenters. The zero-order valence-corrected chi connectivity index (χ0v) is 14.9. The topological polar surface area (TPSA) is 49.4 Å². The molecular weight excluding hydrogens is 300 g/mol. The van der Waals surface area contributed by atoms with E-state index >= 15 is 0 Å². The van der Waals surface area contributed by atoms with Gasteiger partial charge in [0.05, 0.1) is 0 Å². The van der Waals surface area contributed by atoms with Gasteiger partial charge in [0, 0.05) is 18.4 Å². The molecule has 0 saturated heterocycles. The minimum atomic E-state index is -1.18. The zero-order valence-electron chi connectivity index (χ0n) is 14.9. The van der Waals surface area contributed by atoms with Crippen LogP contribution in [0, 0.1) is 19.3 Å². The third-order valence-corrected chi connectivity index (χ3v) is 4.18. The molecule has 0 aliphatic rings. The molecule has 0 aromatic heterocycles. The lowest BCUT2D eigenvalue weighted by molar-refractivity contribution is -0.136. The van der Waals surface area contributed by atoms with E-state index in [1.807, 2.05) is 62.4 Å². The maximum Gasteiger partial charge on any atom is 0.241 e. The number of carbonyl (C=O) groups excluding carboxylic acids is 2. The Balaban J connectivity index is 2.19. The van der Waals surface area contributed by atoms with E-state index in [1.165, 1.54) is 4.90 Å². The number of benzene rings is 2. The summed E-state index contributed by atoms with van der Waals surface area (Å²) in [5, 5.41) is 2.88. The van der Waals surface area contributed by atoms with Crippen molar-refractivity contribution in [2.24, 2.45) is 5.41 Å². The first-order valence-electron chi connectivity index (χ1n) is 7.95. The molecule has 0 atom stereocenters. The number of carbonyl (C=O) groups is 2. The average Bonchev–Trinajstić information content (AvgIpc) is 2.56. The molecule has 0 radical (unpaired) electrons. The van der Waals surface area contributed by atoms with Crippen LogP contribution in [0.15, 0.2) is 48.5 Å². The summed E-state index contributed by atoms with van der Waals surface area (Å²) >= 11 is 0. The van der Waals surface area contributed by atoms with Gasteiger partial charge in [-0.1, -0.05) is 35.9 Å². The lowest BCUT2D eigenvalue weighted by Crippen LogP contribution is -2.46. The Bertz CT molecular complexity index is 751. The SMILES string of the molecule is Cc1ccc(NC(=O)C(C)(C)C(=O)N(C)c2ccccc2)c(C)c1. The summed E-state index contributed by atoms with van der Waals surface area (Å²) in [6, 6.07) is 15.1. The van der Waals surface area contributed by atoms with Crippen LogP contribution < -0.4 is 10.2 Å². The molecule has 0 aliphatic carbocycles. The number of amides is 2. The third kappa shape index (κ3) is 3.65. The van der Waals surface area contributed by atoms with Crippen LogP contribution in [0.2, 0.25) is 0 Å². The number of nitrogens with zero attached hydrogens (tertiary/aromatic N) is 1. The second-order valence-electron chi connectivity index (χ2n) is 6.60. The zero-order chi connectivity index (χ0) is 17.9. The van der Waals surface area contributed by atoms with Crippen LogP contribution >= 0.6 is 0 Å². The number of hydrogen-bond acceptors (Lipinski definition) is 2. The van der Waals surface area contributed by atoms with E-state index in [4.69, 9.17) is 0 Å². The predicted molar refractivity (Wildman–Crippen MR) is 98.2 cm³/mol. The Kier molecular flexibility index (Phi) is 5.07. The molecule has 2 rings (SSSR count). The Hall–Kier alpha value is -2.62. The van der Waals surface area contributed by atoms with Crippen molar-refractivity contribution < 1.29 is 9.59 Å². The van der Waals surface area contributed by atoms with Gasteiger partial charge in [0.1, 0.15) is 5.41 Å². The molecule has 1 N–H and O–H groups in total. The molecule has 4 nitrogen and oxygen atoms in total. The van der Waals surface area contributed by atoms with Crippen LogP contribution in [-0.4, -0.2) is 18.9 Å². The molecule has 2 aromatic carbocycles. The summed E-state index contributed by atoms with van der Waals surface area (Å²) in [5.41, 5.74) is 2.42. The van der Waals surface area contributed by atoms with Crippen molar-refractivity contribution in [1.29, 1.82) is 0 Å². The first-order chi connectivity index (χ1) is 11.2. The molecule has 126 valence electrons. The molecule has 0 saturated carbocycles. The third-order valence-electron chi connectivity index (χ3n) is 4.18. The number of anilines is 2. The van der Waals surface area contributed by atoms with Crippen molar-refractivity contribution in [3.05, 3.63) is 59.7 Å². The highest BCUT2D eigenvalue weighted by Gasteiger charge is 2.38. The molecule has 4 heteroatoms. The maximum atomic E-state index is 12.8. The van der Waals surface area contributed by atoms with Gasteiger partial charge in [0.2, 0.25) is 11.8 Å². The normalized spacial score (nSPS) is 11.0. The van der Waals surface area contributed by atoms with Crippen molar-refractivity contribution in [3.63, 3.8) is 0 Å². The van der Waals surface area contributed by atoms with Gasteiger partial charge < -0.3 is 10.2 Å². The van der Waals surface area contributed by atoms with Crippen LogP contribution in [0.5, 0.6) is 0 Å². The quantitative estimate of drug-likeness (QED) is 0.866. The van der Waals surface area contributed by atoms with Crippen LogP contribution in [0.3, 0.4) is 0 Å². The number of aryl methyl sites for hydroxylation is 2.